The average Bonchev–Trinajstić information content (AvgIpc) is 2.98. The molecule has 0 atom stereocenters. The van der Waals surface area contributed by atoms with Crippen molar-refractivity contribution in [1.82, 2.24) is 15.2 Å². The van der Waals surface area contributed by atoms with Crippen LogP contribution in [0, 0.1) is 13.8 Å². The van der Waals surface area contributed by atoms with E-state index in [1.54, 1.807) is 12.1 Å². The molecule has 3 rings (SSSR count). The molecular weight excluding hydrogens is 254 g/mol. The van der Waals surface area contributed by atoms with Gasteiger partial charge in [-0.3, -0.25) is 9.89 Å². The zero-order valence-corrected chi connectivity index (χ0v) is 11.2. The number of nitrogens with one attached hydrogen (secondary N) is 3. The standard InChI is InChI=1S/C14H15N5O/c1-7-12(8(2)19-18-7)17-14(20)11-6-9-4-3-5-10(15)13(9)16-11/h3-6,16H,15H2,1-2H3,(H,17,20)(H,18,19). The number of amides is 1. The molecule has 0 radical (unpaired) electrons. The van der Waals surface area contributed by atoms with E-state index in [2.05, 4.69) is 20.5 Å². The molecule has 0 fully saturated rings. The smallest absolute Gasteiger partial charge is 0.272 e. The maximum atomic E-state index is 12.3. The Labute approximate surface area is 115 Å². The second kappa shape index (κ2) is 4.41. The Kier molecular flexibility index (Phi) is 2.71. The molecule has 0 aliphatic carbocycles. The number of carbonyl (C=O) groups is 1. The number of hydrogen-bond donors (Lipinski definition) is 4. The summed E-state index contributed by atoms with van der Waals surface area (Å²) in [6.45, 7) is 3.70. The van der Waals surface area contributed by atoms with Crippen molar-refractivity contribution < 1.29 is 4.79 Å². The Bertz CT molecular complexity index is 780. The van der Waals surface area contributed by atoms with Crippen LogP contribution in [0.4, 0.5) is 11.4 Å². The fraction of sp³-hybridized carbons (Fsp3) is 0.143. The molecule has 20 heavy (non-hydrogen) atoms. The minimum absolute atomic E-state index is 0.215. The Hall–Kier alpha value is -2.76. The van der Waals surface area contributed by atoms with Crippen LogP contribution in [0.15, 0.2) is 24.3 Å². The van der Waals surface area contributed by atoms with E-state index in [1.165, 1.54) is 0 Å². The Morgan fingerprint density at radius 1 is 1.35 bits per heavy atom. The molecule has 6 heteroatoms. The third-order valence-corrected chi connectivity index (χ3v) is 3.30. The van der Waals surface area contributed by atoms with E-state index in [0.29, 0.717) is 17.1 Å². The van der Waals surface area contributed by atoms with Crippen LogP contribution < -0.4 is 11.1 Å². The minimum atomic E-state index is -0.215. The van der Waals surface area contributed by atoms with Crippen molar-refractivity contribution in [2.75, 3.05) is 11.1 Å². The topological polar surface area (TPSA) is 99.6 Å². The van der Waals surface area contributed by atoms with Gasteiger partial charge < -0.3 is 16.0 Å². The highest BCUT2D eigenvalue weighted by Gasteiger charge is 2.14. The molecule has 1 amide bonds. The lowest BCUT2D eigenvalue weighted by molar-refractivity contribution is 0.102. The second-order valence-corrected chi connectivity index (χ2v) is 4.76. The molecule has 5 N–H and O–H groups in total. The molecule has 0 bridgehead atoms. The number of benzene rings is 1. The molecule has 102 valence electrons. The summed E-state index contributed by atoms with van der Waals surface area (Å²) >= 11 is 0. The van der Waals surface area contributed by atoms with E-state index in [1.807, 2.05) is 26.0 Å². The molecule has 3 aromatic rings. The van der Waals surface area contributed by atoms with Gasteiger partial charge in [0.25, 0.3) is 5.91 Å². The molecule has 0 saturated heterocycles. The van der Waals surface area contributed by atoms with E-state index >= 15 is 0 Å². The molecule has 0 saturated carbocycles. The van der Waals surface area contributed by atoms with Gasteiger partial charge in [0, 0.05) is 5.39 Å². The van der Waals surface area contributed by atoms with Crippen LogP contribution in [-0.2, 0) is 0 Å². The largest absolute Gasteiger partial charge is 0.397 e. The van der Waals surface area contributed by atoms with Gasteiger partial charge in [-0.1, -0.05) is 12.1 Å². The predicted octanol–water partition coefficient (Wildman–Crippen LogP) is 2.34. The van der Waals surface area contributed by atoms with E-state index < -0.39 is 0 Å². The molecular formula is C14H15N5O. The van der Waals surface area contributed by atoms with Crippen LogP contribution in [0.1, 0.15) is 21.9 Å². The maximum absolute atomic E-state index is 12.3. The van der Waals surface area contributed by atoms with Crippen molar-refractivity contribution >= 4 is 28.2 Å². The van der Waals surface area contributed by atoms with E-state index in [-0.39, 0.29) is 5.91 Å². The lowest BCUT2D eigenvalue weighted by Gasteiger charge is -2.03. The van der Waals surface area contributed by atoms with Gasteiger partial charge in [-0.25, -0.2) is 0 Å². The van der Waals surface area contributed by atoms with Crippen molar-refractivity contribution in [2.45, 2.75) is 13.8 Å². The quantitative estimate of drug-likeness (QED) is 0.537. The molecule has 6 nitrogen and oxygen atoms in total. The number of fused-ring (bicyclic) bond motifs is 1. The van der Waals surface area contributed by atoms with Crippen LogP contribution in [0.25, 0.3) is 10.9 Å². The number of aryl methyl sites for hydroxylation is 2. The first-order chi connectivity index (χ1) is 9.56. The van der Waals surface area contributed by atoms with Gasteiger partial charge in [0.1, 0.15) is 5.69 Å². The number of para-hydroxylation sites is 1. The normalized spacial score (nSPS) is 10.9. The van der Waals surface area contributed by atoms with E-state index in [9.17, 15) is 4.79 Å². The SMILES string of the molecule is Cc1n[nH]c(C)c1NC(=O)c1cc2cccc(N)c2[nH]1. The van der Waals surface area contributed by atoms with Crippen molar-refractivity contribution in [2.24, 2.45) is 0 Å². The average molecular weight is 269 g/mol. The summed E-state index contributed by atoms with van der Waals surface area (Å²) < 4.78 is 0. The van der Waals surface area contributed by atoms with Crippen LogP contribution in [0.5, 0.6) is 0 Å². The van der Waals surface area contributed by atoms with Gasteiger partial charge in [0.05, 0.1) is 28.3 Å². The number of nitrogens with zero attached hydrogens (tertiary/aromatic N) is 1. The fourth-order valence-corrected chi connectivity index (χ4v) is 2.22. The first-order valence-electron chi connectivity index (χ1n) is 6.26. The number of anilines is 2. The van der Waals surface area contributed by atoms with Crippen LogP contribution in [-0.4, -0.2) is 21.1 Å². The Morgan fingerprint density at radius 3 is 2.80 bits per heavy atom. The summed E-state index contributed by atoms with van der Waals surface area (Å²) in [4.78, 5) is 15.3. The van der Waals surface area contributed by atoms with Gasteiger partial charge in [-0.15, -0.1) is 0 Å². The molecule has 2 heterocycles. The predicted molar refractivity (Wildman–Crippen MR) is 78.7 cm³/mol. The van der Waals surface area contributed by atoms with Crippen LogP contribution >= 0.6 is 0 Å². The number of aromatic amines is 2. The highest BCUT2D eigenvalue weighted by molar-refractivity contribution is 6.07. The molecule has 2 aromatic heterocycles. The number of rotatable bonds is 2. The van der Waals surface area contributed by atoms with Gasteiger partial charge in [0.2, 0.25) is 0 Å². The zero-order chi connectivity index (χ0) is 14.3. The Morgan fingerprint density at radius 2 is 2.15 bits per heavy atom. The van der Waals surface area contributed by atoms with Crippen LogP contribution in [0.2, 0.25) is 0 Å². The van der Waals surface area contributed by atoms with Crippen molar-refractivity contribution in [3.63, 3.8) is 0 Å². The lowest BCUT2D eigenvalue weighted by Crippen LogP contribution is -2.13. The summed E-state index contributed by atoms with van der Waals surface area (Å²) in [5.41, 5.74) is 10.0. The number of H-pyrrole nitrogens is 2. The summed E-state index contributed by atoms with van der Waals surface area (Å²) in [6, 6.07) is 7.35. The van der Waals surface area contributed by atoms with Crippen molar-refractivity contribution in [1.29, 1.82) is 0 Å². The summed E-state index contributed by atoms with van der Waals surface area (Å²) in [7, 11) is 0. The number of aromatic nitrogens is 3. The van der Waals surface area contributed by atoms with Crippen molar-refractivity contribution in [3.8, 4) is 0 Å². The highest BCUT2D eigenvalue weighted by atomic mass is 16.1. The van der Waals surface area contributed by atoms with Gasteiger partial charge >= 0.3 is 0 Å². The van der Waals surface area contributed by atoms with Crippen LogP contribution in [0.3, 0.4) is 0 Å². The zero-order valence-electron chi connectivity index (χ0n) is 11.2. The third kappa shape index (κ3) is 1.91. The van der Waals surface area contributed by atoms with Crippen molar-refractivity contribution in [3.05, 3.63) is 41.3 Å². The van der Waals surface area contributed by atoms with Gasteiger partial charge in [0.15, 0.2) is 0 Å². The number of nitrogen functional groups attached to an aromatic ring is 1. The monoisotopic (exact) mass is 269 g/mol. The van der Waals surface area contributed by atoms with E-state index in [0.717, 1.165) is 22.3 Å². The summed E-state index contributed by atoms with van der Waals surface area (Å²) in [5.74, 6) is -0.215. The summed E-state index contributed by atoms with van der Waals surface area (Å²) in [6.07, 6.45) is 0. The maximum Gasteiger partial charge on any atom is 0.272 e. The number of carbonyl (C=O) groups excluding carboxylic acids is 1. The fourth-order valence-electron chi connectivity index (χ4n) is 2.22. The lowest BCUT2D eigenvalue weighted by atomic mass is 10.2. The number of hydrogen-bond acceptors (Lipinski definition) is 3. The molecule has 1 aromatic carbocycles. The Balaban J connectivity index is 1.95. The number of nitrogens with two attached hydrogens (primary N) is 1. The molecule has 0 unspecified atom stereocenters. The second-order valence-electron chi connectivity index (χ2n) is 4.76. The molecule has 0 aliphatic heterocycles. The summed E-state index contributed by atoms with van der Waals surface area (Å²) in [5, 5.41) is 10.6. The van der Waals surface area contributed by atoms with Gasteiger partial charge in [-0.2, -0.15) is 5.10 Å². The first-order valence-corrected chi connectivity index (χ1v) is 6.26. The molecule has 0 aliphatic rings. The third-order valence-electron chi connectivity index (χ3n) is 3.30. The minimum Gasteiger partial charge on any atom is -0.397 e. The van der Waals surface area contributed by atoms with Gasteiger partial charge in [-0.05, 0) is 26.0 Å². The highest BCUT2D eigenvalue weighted by Crippen LogP contribution is 2.22. The first kappa shape index (κ1) is 12.3. The molecule has 0 spiro atoms. The van der Waals surface area contributed by atoms with E-state index in [4.69, 9.17) is 5.73 Å².